The lowest BCUT2D eigenvalue weighted by atomic mass is 9.59. The second-order valence-corrected chi connectivity index (χ2v) is 14.4. The van der Waals surface area contributed by atoms with Crippen molar-refractivity contribution in [3.63, 3.8) is 0 Å². The number of benzene rings is 2. The summed E-state index contributed by atoms with van der Waals surface area (Å²) in [5.41, 5.74) is 3.12. The number of hydrogen-bond acceptors (Lipinski definition) is 10. The number of nitrogen functional groups attached to an aromatic ring is 1. The van der Waals surface area contributed by atoms with Gasteiger partial charge in [0.25, 0.3) is 5.91 Å². The molecule has 0 saturated heterocycles. The van der Waals surface area contributed by atoms with E-state index in [1.54, 1.807) is 55.5 Å². The Morgan fingerprint density at radius 1 is 0.959 bits per heavy atom. The normalized spacial score (nSPS) is 32.2. The summed E-state index contributed by atoms with van der Waals surface area (Å²) in [4.78, 5) is 67.0. The zero-order valence-electron chi connectivity index (χ0n) is 28.4. The number of hydrogen-bond donors (Lipinski definition) is 3. The maximum absolute atomic E-state index is 15.0. The molecular weight excluding hydrogens is 628 g/mol. The molecule has 0 aromatic heterocycles. The fourth-order valence-electron chi connectivity index (χ4n) is 8.91. The number of nitrogens with two attached hydrogens (primary N) is 1. The highest BCUT2D eigenvalue weighted by Gasteiger charge is 2.77. The van der Waals surface area contributed by atoms with Crippen LogP contribution in [0.2, 0.25) is 0 Å². The number of carbonyl (C=O) groups is 5. The molecule has 11 nitrogen and oxygen atoms in total. The summed E-state index contributed by atoms with van der Waals surface area (Å²) in [6.45, 7) is 9.86. The smallest absolute Gasteiger partial charge is 0.340 e. The van der Waals surface area contributed by atoms with Crippen molar-refractivity contribution >= 4 is 41.0 Å². The van der Waals surface area contributed by atoms with E-state index in [9.17, 15) is 29.1 Å². The maximum Gasteiger partial charge on any atom is 0.340 e. The van der Waals surface area contributed by atoms with Gasteiger partial charge in [0.05, 0.1) is 22.2 Å². The van der Waals surface area contributed by atoms with Crippen molar-refractivity contribution < 1.29 is 43.3 Å². The minimum atomic E-state index is -2.31. The summed E-state index contributed by atoms with van der Waals surface area (Å²) in [5, 5.41) is 16.0. The number of carbonyl (C=O) groups excluding carboxylic acids is 5. The Bertz CT molecular complexity index is 1830. The van der Waals surface area contributed by atoms with Gasteiger partial charge in [-0.05, 0) is 66.4 Å². The van der Waals surface area contributed by atoms with Gasteiger partial charge in [0.15, 0.2) is 23.6 Å². The molecule has 0 radical (unpaired) electrons. The van der Waals surface area contributed by atoms with Crippen molar-refractivity contribution in [3.8, 4) is 0 Å². The third kappa shape index (κ3) is 5.26. The number of para-hydroxylation sites is 2. The van der Waals surface area contributed by atoms with E-state index in [0.29, 0.717) is 12.0 Å². The predicted molar refractivity (Wildman–Crippen MR) is 179 cm³/mol. The van der Waals surface area contributed by atoms with Crippen molar-refractivity contribution in [3.05, 3.63) is 83.0 Å². The fourth-order valence-corrected chi connectivity index (χ4v) is 8.91. The topological polar surface area (TPSA) is 171 Å². The Labute approximate surface area is 284 Å². The Balaban J connectivity index is 1.44. The van der Waals surface area contributed by atoms with E-state index in [2.05, 4.69) is 19.2 Å². The van der Waals surface area contributed by atoms with Gasteiger partial charge in [-0.1, -0.05) is 57.2 Å². The highest BCUT2D eigenvalue weighted by molar-refractivity contribution is 6.10. The second kappa shape index (κ2) is 12.0. The lowest BCUT2D eigenvalue weighted by Gasteiger charge is -2.49. The lowest BCUT2D eigenvalue weighted by molar-refractivity contribution is -0.203. The van der Waals surface area contributed by atoms with Crippen LogP contribution in [0.25, 0.3) is 0 Å². The van der Waals surface area contributed by atoms with Crippen LogP contribution in [-0.4, -0.2) is 59.1 Å². The van der Waals surface area contributed by atoms with Gasteiger partial charge < -0.3 is 30.4 Å². The monoisotopic (exact) mass is 670 g/mol. The molecule has 2 fully saturated rings. The first-order valence-corrected chi connectivity index (χ1v) is 16.5. The number of ketones is 1. The molecule has 0 aliphatic heterocycles. The van der Waals surface area contributed by atoms with Crippen LogP contribution < -0.4 is 11.1 Å². The van der Waals surface area contributed by atoms with E-state index in [1.165, 1.54) is 26.0 Å². The maximum atomic E-state index is 15.0. The molecule has 4 N–H and O–H groups in total. The van der Waals surface area contributed by atoms with Crippen molar-refractivity contribution in [2.75, 3.05) is 17.7 Å². The number of anilines is 2. The third-order valence-corrected chi connectivity index (χ3v) is 11.2. The van der Waals surface area contributed by atoms with E-state index >= 15 is 0 Å². The Hall–Kier alpha value is -4.77. The van der Waals surface area contributed by atoms with Gasteiger partial charge in [-0.25, -0.2) is 4.79 Å². The minimum Gasteiger partial charge on any atom is -0.461 e. The van der Waals surface area contributed by atoms with E-state index in [1.807, 2.05) is 6.92 Å². The molecule has 0 unspecified atom stereocenters. The number of rotatable bonds is 7. The molecule has 2 bridgehead atoms. The third-order valence-electron chi connectivity index (χ3n) is 11.2. The van der Waals surface area contributed by atoms with E-state index in [-0.39, 0.29) is 57.7 Å². The standard InChI is InChI=1S/C38H42N2O9/c1-19-17-37-20(2)15-27-30(36(27,5)6)26(31(37)43)16-23(18-47-21(3)41)33(48-22(4)42)38(37,46)32(19)49-35(45)25-12-8-10-14-29(25)40-34(44)24-11-7-9-13-28(24)39/h7-14,16-17,20,26-27,30,32-33,46H,15,18,39H2,1-6H3,(H,40,44)/t20-,26+,27-,30+,32+,33-,37+,38-/m1/s1. The van der Waals surface area contributed by atoms with Crippen LogP contribution in [0.15, 0.2) is 71.8 Å². The van der Waals surface area contributed by atoms with Gasteiger partial charge in [0, 0.05) is 31.0 Å². The van der Waals surface area contributed by atoms with E-state index in [4.69, 9.17) is 19.9 Å². The highest BCUT2D eigenvalue weighted by atomic mass is 16.6. The lowest BCUT2D eigenvalue weighted by Crippen LogP contribution is -2.66. The first-order valence-electron chi connectivity index (χ1n) is 16.5. The predicted octanol–water partition coefficient (Wildman–Crippen LogP) is 4.66. The minimum absolute atomic E-state index is 0.0165. The average molecular weight is 671 g/mol. The second-order valence-electron chi connectivity index (χ2n) is 14.4. The molecule has 11 heteroatoms. The number of fused-ring (bicyclic) bond motifs is 3. The number of esters is 3. The molecule has 8 atom stereocenters. The van der Waals surface area contributed by atoms with Crippen molar-refractivity contribution in [1.29, 1.82) is 0 Å². The van der Waals surface area contributed by atoms with E-state index < -0.39 is 58.9 Å². The van der Waals surface area contributed by atoms with Crippen LogP contribution in [-0.2, 0) is 28.6 Å². The number of allylic oxidation sites excluding steroid dienone is 1. The van der Waals surface area contributed by atoms with Gasteiger partial charge in [0.2, 0.25) is 0 Å². The van der Waals surface area contributed by atoms with Gasteiger partial charge >= 0.3 is 17.9 Å². The number of amides is 1. The van der Waals surface area contributed by atoms with E-state index in [0.717, 1.165) is 0 Å². The number of aliphatic hydroxyl groups is 1. The van der Waals surface area contributed by atoms with Gasteiger partial charge in [0.1, 0.15) is 6.61 Å². The molecule has 2 saturated carbocycles. The summed E-state index contributed by atoms with van der Waals surface area (Å²) in [5.74, 6) is -4.07. The summed E-state index contributed by atoms with van der Waals surface area (Å²) >= 11 is 0. The number of ether oxygens (including phenoxy) is 3. The van der Waals surface area contributed by atoms with Crippen LogP contribution in [0.3, 0.4) is 0 Å². The molecule has 258 valence electrons. The zero-order valence-corrected chi connectivity index (χ0v) is 28.4. The highest BCUT2D eigenvalue weighted by Crippen LogP contribution is 2.72. The van der Waals surface area contributed by atoms with Crippen molar-refractivity contribution in [1.82, 2.24) is 0 Å². The van der Waals surface area contributed by atoms with Gasteiger partial charge in [-0.2, -0.15) is 0 Å². The Morgan fingerprint density at radius 2 is 1.61 bits per heavy atom. The summed E-state index contributed by atoms with van der Waals surface area (Å²) in [7, 11) is 0. The van der Waals surface area contributed by atoms with Crippen LogP contribution in [0.1, 0.15) is 68.7 Å². The average Bonchev–Trinajstić information content (AvgIpc) is 3.53. The molecule has 4 aliphatic rings. The first kappa shape index (κ1) is 34.1. The molecule has 2 aromatic carbocycles. The quantitative estimate of drug-likeness (QED) is 0.163. The number of nitrogens with one attached hydrogen (secondary N) is 1. The van der Waals surface area contributed by atoms with Crippen LogP contribution in [0.4, 0.5) is 11.4 Å². The molecule has 4 aliphatic carbocycles. The molecular formula is C38H42N2O9. The van der Waals surface area contributed by atoms with Crippen molar-refractivity contribution in [2.24, 2.45) is 34.5 Å². The van der Waals surface area contributed by atoms with Gasteiger partial charge in [-0.15, -0.1) is 0 Å². The van der Waals surface area contributed by atoms with Crippen molar-refractivity contribution in [2.45, 2.75) is 65.8 Å². The summed E-state index contributed by atoms with van der Waals surface area (Å²) < 4.78 is 17.4. The SMILES string of the molecule is CC(=O)OCC1=C[C@@H]2C(=O)[C@]3(C=C(C)[C@H](OC(=O)c4ccccc4NC(=O)c4ccccc4N)[C@@]3(O)[C@@H]1OC(C)=O)[C@H](C)C[C@@H]1[C@H]2C1(C)C. The molecule has 6 rings (SSSR count). The largest absolute Gasteiger partial charge is 0.461 e. The van der Waals surface area contributed by atoms with Crippen LogP contribution in [0, 0.1) is 34.5 Å². The van der Waals surface area contributed by atoms with Crippen LogP contribution >= 0.6 is 0 Å². The molecule has 1 amide bonds. The zero-order chi connectivity index (χ0) is 35.6. The molecule has 2 aromatic rings. The Kier molecular flexibility index (Phi) is 8.34. The summed E-state index contributed by atoms with van der Waals surface area (Å²) in [6, 6.07) is 12.7. The number of Topliss-reactive ketones (excluding diaryl/α,β-unsaturated/α-hetero) is 1. The fraction of sp³-hybridized carbons (Fsp3) is 0.447. The summed E-state index contributed by atoms with van der Waals surface area (Å²) in [6.07, 6.45) is 1.01. The molecule has 1 spiro atoms. The Morgan fingerprint density at radius 3 is 2.27 bits per heavy atom. The molecule has 49 heavy (non-hydrogen) atoms. The first-order chi connectivity index (χ1) is 23.0. The van der Waals surface area contributed by atoms with Gasteiger partial charge in [-0.3, -0.25) is 19.2 Å². The molecule has 0 heterocycles. The van der Waals surface area contributed by atoms with Crippen LogP contribution in [0.5, 0.6) is 0 Å².